The number of amides is 1. The van der Waals surface area contributed by atoms with Crippen molar-refractivity contribution in [1.82, 2.24) is 15.2 Å². The fourth-order valence-electron chi connectivity index (χ4n) is 3.79. The Kier molecular flexibility index (Phi) is 8.52. The van der Waals surface area contributed by atoms with Gasteiger partial charge in [-0.05, 0) is 43.3 Å². The van der Waals surface area contributed by atoms with Gasteiger partial charge in [0.05, 0.1) is 48.0 Å². The SMILES string of the molecule is COc1ccc(OC)c(N(CC(=O)N/N=C\c2c(Cl)nn(-c3ccccc3)c2C)S(=O)(=O)c2ccccc2)c1. The van der Waals surface area contributed by atoms with Crippen LogP contribution in [0.3, 0.4) is 0 Å². The third-order valence-corrected chi connectivity index (χ3v) is 7.83. The number of carbonyl (C=O) groups is 1. The Bertz CT molecular complexity index is 1590. The summed E-state index contributed by atoms with van der Waals surface area (Å²) in [5.41, 5.74) is 4.53. The number of hydrazone groups is 1. The van der Waals surface area contributed by atoms with Crippen LogP contribution >= 0.6 is 11.6 Å². The zero-order valence-electron chi connectivity index (χ0n) is 21.4. The third-order valence-electron chi connectivity index (χ3n) is 5.77. The first-order chi connectivity index (χ1) is 18.8. The maximum atomic E-state index is 13.6. The van der Waals surface area contributed by atoms with E-state index in [0.717, 1.165) is 9.99 Å². The monoisotopic (exact) mass is 567 g/mol. The van der Waals surface area contributed by atoms with E-state index in [4.69, 9.17) is 21.1 Å². The molecule has 3 aromatic carbocycles. The highest BCUT2D eigenvalue weighted by atomic mass is 35.5. The molecule has 1 aromatic heterocycles. The zero-order valence-corrected chi connectivity index (χ0v) is 23.0. The molecular weight excluding hydrogens is 542 g/mol. The summed E-state index contributed by atoms with van der Waals surface area (Å²) in [6.07, 6.45) is 1.37. The average Bonchev–Trinajstić information content (AvgIpc) is 3.25. The first kappa shape index (κ1) is 27.7. The average molecular weight is 568 g/mol. The van der Waals surface area contributed by atoms with Gasteiger partial charge < -0.3 is 9.47 Å². The summed E-state index contributed by atoms with van der Waals surface area (Å²) in [6, 6.07) is 21.9. The number of anilines is 1. The summed E-state index contributed by atoms with van der Waals surface area (Å²) < 4.78 is 40.6. The van der Waals surface area contributed by atoms with Crippen molar-refractivity contribution in [2.75, 3.05) is 25.1 Å². The maximum absolute atomic E-state index is 13.6. The summed E-state index contributed by atoms with van der Waals surface area (Å²) in [7, 11) is -1.31. The largest absolute Gasteiger partial charge is 0.497 e. The number of hydrogen-bond acceptors (Lipinski definition) is 7. The van der Waals surface area contributed by atoms with Gasteiger partial charge in [0.25, 0.3) is 15.9 Å². The van der Waals surface area contributed by atoms with E-state index in [1.807, 2.05) is 37.3 Å². The topological polar surface area (TPSA) is 115 Å². The molecule has 0 atom stereocenters. The predicted octanol–water partition coefficient (Wildman–Crippen LogP) is 4.20. The second kappa shape index (κ2) is 12.0. The van der Waals surface area contributed by atoms with Crippen LogP contribution in [0.4, 0.5) is 5.69 Å². The molecule has 12 heteroatoms. The van der Waals surface area contributed by atoms with E-state index in [1.54, 1.807) is 35.0 Å². The Morgan fingerprint density at radius 1 is 1.05 bits per heavy atom. The lowest BCUT2D eigenvalue weighted by molar-refractivity contribution is -0.119. The van der Waals surface area contributed by atoms with E-state index in [1.165, 1.54) is 38.6 Å². The molecule has 0 bridgehead atoms. The molecular formula is C27H26ClN5O5S. The lowest BCUT2D eigenvalue weighted by atomic mass is 10.2. The number of halogens is 1. The molecule has 1 amide bonds. The molecule has 10 nitrogen and oxygen atoms in total. The number of benzene rings is 3. The number of para-hydroxylation sites is 1. The number of rotatable bonds is 10. The molecule has 1 N–H and O–H groups in total. The molecule has 0 aliphatic rings. The van der Waals surface area contributed by atoms with Crippen LogP contribution in [0.2, 0.25) is 5.15 Å². The number of hydrogen-bond donors (Lipinski definition) is 1. The van der Waals surface area contributed by atoms with Crippen molar-refractivity contribution in [3.8, 4) is 17.2 Å². The summed E-state index contributed by atoms with van der Waals surface area (Å²) in [5, 5.41) is 8.54. The van der Waals surface area contributed by atoms with Gasteiger partial charge >= 0.3 is 0 Å². The van der Waals surface area contributed by atoms with Gasteiger partial charge in [0.2, 0.25) is 0 Å². The predicted molar refractivity (Wildman–Crippen MR) is 150 cm³/mol. The van der Waals surface area contributed by atoms with Gasteiger partial charge in [-0.3, -0.25) is 9.10 Å². The zero-order chi connectivity index (χ0) is 28.0. The first-order valence-electron chi connectivity index (χ1n) is 11.7. The van der Waals surface area contributed by atoms with Crippen molar-refractivity contribution in [1.29, 1.82) is 0 Å². The van der Waals surface area contributed by atoms with Gasteiger partial charge in [0.1, 0.15) is 18.0 Å². The quantitative estimate of drug-likeness (QED) is 0.227. The minimum Gasteiger partial charge on any atom is -0.497 e. The fraction of sp³-hybridized carbons (Fsp3) is 0.148. The minimum atomic E-state index is -4.17. The van der Waals surface area contributed by atoms with Crippen LogP contribution in [0.15, 0.2) is 88.9 Å². The molecule has 0 aliphatic carbocycles. The highest BCUT2D eigenvalue weighted by Crippen LogP contribution is 2.35. The molecule has 0 fully saturated rings. The van der Waals surface area contributed by atoms with Crippen LogP contribution in [0.25, 0.3) is 5.69 Å². The van der Waals surface area contributed by atoms with Crippen LogP contribution in [-0.4, -0.2) is 51.1 Å². The van der Waals surface area contributed by atoms with Crippen molar-refractivity contribution in [3.05, 3.63) is 95.3 Å². The van der Waals surface area contributed by atoms with Gasteiger partial charge in [-0.1, -0.05) is 48.0 Å². The molecule has 0 unspecified atom stereocenters. The Balaban J connectivity index is 1.61. The minimum absolute atomic E-state index is 0.00177. The van der Waals surface area contributed by atoms with Gasteiger partial charge in [0.15, 0.2) is 5.15 Å². The van der Waals surface area contributed by atoms with Crippen molar-refractivity contribution in [3.63, 3.8) is 0 Å². The fourth-order valence-corrected chi connectivity index (χ4v) is 5.50. The van der Waals surface area contributed by atoms with Crippen LogP contribution in [0.5, 0.6) is 11.5 Å². The van der Waals surface area contributed by atoms with Crippen LogP contribution < -0.4 is 19.2 Å². The number of nitrogens with one attached hydrogen (secondary N) is 1. The molecule has 4 aromatic rings. The Hall–Kier alpha value is -4.35. The first-order valence-corrected chi connectivity index (χ1v) is 13.5. The molecule has 202 valence electrons. The number of ether oxygens (including phenoxy) is 2. The van der Waals surface area contributed by atoms with Crippen molar-refractivity contribution >= 4 is 39.4 Å². The van der Waals surface area contributed by atoms with Crippen LogP contribution in [0.1, 0.15) is 11.3 Å². The lowest BCUT2D eigenvalue weighted by Gasteiger charge is -2.25. The summed E-state index contributed by atoms with van der Waals surface area (Å²) in [6.45, 7) is 1.23. The van der Waals surface area contributed by atoms with Crippen LogP contribution in [0, 0.1) is 6.92 Å². The molecule has 0 saturated heterocycles. The van der Waals surface area contributed by atoms with E-state index < -0.39 is 22.5 Å². The van der Waals surface area contributed by atoms with Crippen molar-refractivity contribution in [2.24, 2.45) is 5.10 Å². The molecule has 0 saturated carbocycles. The van der Waals surface area contributed by atoms with E-state index in [2.05, 4.69) is 15.6 Å². The smallest absolute Gasteiger partial charge is 0.264 e. The Morgan fingerprint density at radius 3 is 2.36 bits per heavy atom. The van der Waals surface area contributed by atoms with E-state index in [0.29, 0.717) is 17.0 Å². The molecule has 0 aliphatic heterocycles. The summed E-state index contributed by atoms with van der Waals surface area (Å²) in [4.78, 5) is 13.0. The standard InChI is InChI=1S/C27H26ClN5O5S/c1-19-23(27(28)31-33(19)20-10-6-4-7-11-20)17-29-30-26(34)18-32(39(35,36)22-12-8-5-9-13-22)24-16-21(37-2)14-15-25(24)38-3/h4-17H,18H2,1-3H3,(H,30,34)/b29-17-. The number of sulfonamides is 1. The van der Waals surface area contributed by atoms with Crippen molar-refractivity contribution in [2.45, 2.75) is 11.8 Å². The van der Waals surface area contributed by atoms with Gasteiger partial charge in [-0.15, -0.1) is 0 Å². The highest BCUT2D eigenvalue weighted by Gasteiger charge is 2.30. The molecule has 1 heterocycles. The van der Waals surface area contributed by atoms with E-state index in [9.17, 15) is 13.2 Å². The number of methoxy groups -OCH3 is 2. The second-order valence-electron chi connectivity index (χ2n) is 8.19. The Morgan fingerprint density at radius 2 is 1.72 bits per heavy atom. The number of aromatic nitrogens is 2. The second-order valence-corrected chi connectivity index (χ2v) is 10.4. The van der Waals surface area contributed by atoms with Crippen LogP contribution in [-0.2, 0) is 14.8 Å². The molecule has 39 heavy (non-hydrogen) atoms. The normalized spacial score (nSPS) is 11.4. The van der Waals surface area contributed by atoms with Gasteiger partial charge in [-0.25, -0.2) is 18.5 Å². The summed E-state index contributed by atoms with van der Waals surface area (Å²) >= 11 is 6.32. The van der Waals surface area contributed by atoms with Crippen molar-refractivity contribution < 1.29 is 22.7 Å². The number of nitrogens with zero attached hydrogens (tertiary/aromatic N) is 4. The van der Waals surface area contributed by atoms with E-state index >= 15 is 0 Å². The number of carbonyl (C=O) groups excluding carboxylic acids is 1. The molecule has 0 radical (unpaired) electrons. The Labute approximate surface area is 231 Å². The molecule has 0 spiro atoms. The maximum Gasteiger partial charge on any atom is 0.264 e. The molecule has 4 rings (SSSR count). The van der Waals surface area contributed by atoms with E-state index in [-0.39, 0.29) is 21.5 Å². The lowest BCUT2D eigenvalue weighted by Crippen LogP contribution is -2.39. The third kappa shape index (κ3) is 6.05. The van der Waals surface area contributed by atoms with Gasteiger partial charge in [-0.2, -0.15) is 10.2 Å². The summed E-state index contributed by atoms with van der Waals surface area (Å²) in [5.74, 6) is -0.0692. The highest BCUT2D eigenvalue weighted by molar-refractivity contribution is 7.92. The van der Waals surface area contributed by atoms with Gasteiger partial charge in [0, 0.05) is 6.07 Å².